The van der Waals surface area contributed by atoms with Crippen molar-refractivity contribution in [1.29, 1.82) is 0 Å². The van der Waals surface area contributed by atoms with Gasteiger partial charge in [0.1, 0.15) is 18.0 Å². The fourth-order valence-electron chi connectivity index (χ4n) is 3.08. The number of nitrogens with zero attached hydrogens (tertiary/aromatic N) is 1. The highest BCUT2D eigenvalue weighted by Crippen LogP contribution is 2.32. The molecule has 152 valence electrons. The van der Waals surface area contributed by atoms with Crippen LogP contribution in [-0.4, -0.2) is 35.6 Å². The molecule has 1 aromatic carbocycles. The van der Waals surface area contributed by atoms with Gasteiger partial charge in [-0.3, -0.25) is 9.59 Å². The molecule has 0 spiro atoms. The van der Waals surface area contributed by atoms with E-state index in [4.69, 9.17) is 19.6 Å². The number of halogens is 1. The first-order valence-corrected chi connectivity index (χ1v) is 9.63. The standard InChI is InChI=1S/C19H18FN3O5S/c1-9-15(29-8-22-9)5-27-14-3-11-13(4-12(14)20)28-10(2)16(11)17(24)23-19(18(21)25)6-26-7-19/h3-4,8H,5-7H2,1-2H3,(H2,21,25)(H,23,24). The van der Waals surface area contributed by atoms with Gasteiger partial charge < -0.3 is 24.9 Å². The van der Waals surface area contributed by atoms with Crippen molar-refractivity contribution in [3.05, 3.63) is 45.4 Å². The van der Waals surface area contributed by atoms with Gasteiger partial charge in [-0.05, 0) is 19.9 Å². The monoisotopic (exact) mass is 419 g/mol. The Morgan fingerprint density at radius 2 is 2.14 bits per heavy atom. The van der Waals surface area contributed by atoms with Crippen molar-refractivity contribution >= 4 is 34.1 Å². The molecular weight excluding hydrogens is 401 g/mol. The molecule has 3 aromatic rings. The summed E-state index contributed by atoms with van der Waals surface area (Å²) in [7, 11) is 0. The molecule has 0 saturated carbocycles. The van der Waals surface area contributed by atoms with Gasteiger partial charge in [-0.15, -0.1) is 11.3 Å². The van der Waals surface area contributed by atoms with Crippen LogP contribution in [0.4, 0.5) is 4.39 Å². The predicted molar refractivity (Wildman–Crippen MR) is 102 cm³/mol. The maximum absolute atomic E-state index is 14.5. The molecular formula is C19H18FN3O5S. The second kappa shape index (κ2) is 7.12. The molecule has 0 atom stereocenters. The molecule has 0 unspecified atom stereocenters. The van der Waals surface area contributed by atoms with E-state index in [1.165, 1.54) is 23.5 Å². The number of rotatable bonds is 6. The number of ether oxygens (including phenoxy) is 2. The molecule has 0 bridgehead atoms. The lowest BCUT2D eigenvalue weighted by molar-refractivity contribution is -0.143. The van der Waals surface area contributed by atoms with Crippen molar-refractivity contribution in [2.45, 2.75) is 26.0 Å². The number of furan rings is 1. The molecule has 0 aliphatic carbocycles. The second-order valence-electron chi connectivity index (χ2n) is 6.85. The maximum atomic E-state index is 14.5. The highest BCUT2D eigenvalue weighted by molar-refractivity contribution is 7.09. The number of aromatic nitrogens is 1. The fourth-order valence-corrected chi connectivity index (χ4v) is 3.77. The quantitative estimate of drug-likeness (QED) is 0.633. The molecule has 2 aromatic heterocycles. The van der Waals surface area contributed by atoms with Crippen LogP contribution in [0.15, 0.2) is 22.1 Å². The van der Waals surface area contributed by atoms with E-state index in [-0.39, 0.29) is 42.5 Å². The summed E-state index contributed by atoms with van der Waals surface area (Å²) in [5, 5.41) is 2.99. The van der Waals surface area contributed by atoms with Gasteiger partial charge in [-0.25, -0.2) is 9.37 Å². The molecule has 1 fully saturated rings. The zero-order chi connectivity index (χ0) is 20.8. The fraction of sp³-hybridized carbons (Fsp3) is 0.316. The zero-order valence-corrected chi connectivity index (χ0v) is 16.5. The van der Waals surface area contributed by atoms with Crippen molar-refractivity contribution < 1.29 is 27.9 Å². The van der Waals surface area contributed by atoms with E-state index in [1.807, 2.05) is 6.92 Å². The van der Waals surface area contributed by atoms with Gasteiger partial charge in [0.25, 0.3) is 5.91 Å². The van der Waals surface area contributed by atoms with E-state index < -0.39 is 23.2 Å². The molecule has 3 heterocycles. The third-order valence-corrected chi connectivity index (χ3v) is 5.78. The molecule has 2 amide bonds. The number of primary amides is 1. The summed E-state index contributed by atoms with van der Waals surface area (Å²) in [5.41, 5.74) is 7.03. The second-order valence-corrected chi connectivity index (χ2v) is 7.79. The number of hydrogen-bond donors (Lipinski definition) is 2. The Kier molecular flexibility index (Phi) is 4.75. The van der Waals surface area contributed by atoms with Gasteiger partial charge in [0.05, 0.1) is 34.9 Å². The van der Waals surface area contributed by atoms with E-state index in [1.54, 1.807) is 12.4 Å². The van der Waals surface area contributed by atoms with E-state index >= 15 is 0 Å². The minimum atomic E-state index is -1.25. The maximum Gasteiger partial charge on any atom is 0.256 e. The Labute approximate surface area is 168 Å². The van der Waals surface area contributed by atoms with Gasteiger partial charge in [-0.1, -0.05) is 0 Å². The molecule has 8 nitrogen and oxygen atoms in total. The topological polar surface area (TPSA) is 117 Å². The number of nitrogens with two attached hydrogens (primary N) is 1. The Morgan fingerprint density at radius 3 is 2.72 bits per heavy atom. The number of benzene rings is 1. The Balaban J connectivity index is 1.65. The molecule has 1 aliphatic rings. The summed E-state index contributed by atoms with van der Waals surface area (Å²) in [4.78, 5) is 29.6. The number of aryl methyl sites for hydroxylation is 2. The highest BCUT2D eigenvalue weighted by Gasteiger charge is 2.46. The predicted octanol–water partition coefficient (Wildman–Crippen LogP) is 2.21. The Bertz CT molecular complexity index is 1120. The van der Waals surface area contributed by atoms with E-state index in [2.05, 4.69) is 10.3 Å². The number of carbonyl (C=O) groups is 2. The number of amides is 2. The summed E-state index contributed by atoms with van der Waals surface area (Å²) < 4.78 is 30.6. The van der Waals surface area contributed by atoms with Gasteiger partial charge >= 0.3 is 0 Å². The van der Waals surface area contributed by atoms with Crippen LogP contribution in [0.3, 0.4) is 0 Å². The normalized spacial score (nSPS) is 15.1. The molecule has 10 heteroatoms. The summed E-state index contributed by atoms with van der Waals surface area (Å²) in [5.74, 6) is -1.58. The van der Waals surface area contributed by atoms with Crippen molar-refractivity contribution in [3.8, 4) is 5.75 Å². The smallest absolute Gasteiger partial charge is 0.256 e. The SMILES string of the molecule is Cc1ncsc1COc1cc2c(C(=O)NC3(C(N)=O)COC3)c(C)oc2cc1F. The van der Waals surface area contributed by atoms with Crippen molar-refractivity contribution in [1.82, 2.24) is 10.3 Å². The summed E-state index contributed by atoms with van der Waals surface area (Å²) >= 11 is 1.41. The molecule has 3 N–H and O–H groups in total. The Morgan fingerprint density at radius 1 is 1.38 bits per heavy atom. The third-order valence-electron chi connectivity index (χ3n) is 4.87. The lowest BCUT2D eigenvalue weighted by Crippen LogP contribution is -2.69. The van der Waals surface area contributed by atoms with E-state index in [9.17, 15) is 14.0 Å². The molecule has 1 aliphatic heterocycles. The number of carbonyl (C=O) groups excluding carboxylic acids is 2. The van der Waals surface area contributed by atoms with E-state index in [0.29, 0.717) is 5.39 Å². The van der Waals surface area contributed by atoms with Crippen LogP contribution in [0.1, 0.15) is 26.7 Å². The summed E-state index contributed by atoms with van der Waals surface area (Å²) in [6, 6.07) is 2.59. The van der Waals surface area contributed by atoms with Gasteiger partial charge in [0.2, 0.25) is 5.91 Å². The molecule has 0 radical (unpaired) electrons. The summed E-state index contributed by atoms with van der Waals surface area (Å²) in [6.45, 7) is 3.58. The van der Waals surface area contributed by atoms with Crippen LogP contribution in [0.25, 0.3) is 11.0 Å². The number of fused-ring (bicyclic) bond motifs is 1. The Hall–Kier alpha value is -2.98. The average Bonchev–Trinajstić information content (AvgIpc) is 3.17. The lowest BCUT2D eigenvalue weighted by Gasteiger charge is -2.38. The van der Waals surface area contributed by atoms with Crippen molar-refractivity contribution in [2.75, 3.05) is 13.2 Å². The minimum Gasteiger partial charge on any atom is -0.485 e. The van der Waals surface area contributed by atoms with Crippen LogP contribution in [-0.2, 0) is 16.1 Å². The molecule has 29 heavy (non-hydrogen) atoms. The van der Waals surface area contributed by atoms with Gasteiger partial charge in [0.15, 0.2) is 17.1 Å². The van der Waals surface area contributed by atoms with Crippen molar-refractivity contribution in [2.24, 2.45) is 5.73 Å². The van der Waals surface area contributed by atoms with Crippen molar-refractivity contribution in [3.63, 3.8) is 0 Å². The van der Waals surface area contributed by atoms with E-state index in [0.717, 1.165) is 10.6 Å². The zero-order valence-electron chi connectivity index (χ0n) is 15.7. The largest absolute Gasteiger partial charge is 0.485 e. The van der Waals surface area contributed by atoms with Crippen LogP contribution in [0, 0.1) is 19.7 Å². The lowest BCUT2D eigenvalue weighted by atomic mass is 9.95. The van der Waals surface area contributed by atoms with Crippen LogP contribution in [0.5, 0.6) is 5.75 Å². The summed E-state index contributed by atoms with van der Waals surface area (Å²) in [6.07, 6.45) is 0. The highest BCUT2D eigenvalue weighted by atomic mass is 32.1. The third kappa shape index (κ3) is 3.34. The number of nitrogens with one attached hydrogen (secondary N) is 1. The van der Waals surface area contributed by atoms with Crippen LogP contribution < -0.4 is 15.8 Å². The number of hydrogen-bond acceptors (Lipinski definition) is 7. The number of thiazole rings is 1. The first kappa shape index (κ1) is 19.3. The first-order valence-electron chi connectivity index (χ1n) is 8.75. The molecule has 4 rings (SSSR count). The van der Waals surface area contributed by atoms with Crippen LogP contribution in [0.2, 0.25) is 0 Å². The van der Waals surface area contributed by atoms with Crippen LogP contribution >= 0.6 is 11.3 Å². The van der Waals surface area contributed by atoms with Gasteiger partial charge in [0, 0.05) is 11.5 Å². The average molecular weight is 419 g/mol. The molecule has 1 saturated heterocycles. The minimum absolute atomic E-state index is 0.0000938. The van der Waals surface area contributed by atoms with Gasteiger partial charge in [-0.2, -0.15) is 0 Å². The first-order chi connectivity index (χ1) is 13.8.